The zero-order chi connectivity index (χ0) is 16.3. The molecule has 1 heterocycles. The van der Waals surface area contributed by atoms with Gasteiger partial charge in [0.1, 0.15) is 11.5 Å². The number of nitrogens with zero attached hydrogens (tertiary/aromatic N) is 4. The Kier molecular flexibility index (Phi) is 4.75. The van der Waals surface area contributed by atoms with E-state index in [2.05, 4.69) is 15.3 Å². The van der Waals surface area contributed by atoms with Crippen LogP contribution in [0.3, 0.4) is 0 Å². The normalized spacial score (nSPS) is 12.0. The van der Waals surface area contributed by atoms with Crippen LogP contribution in [0.15, 0.2) is 39.3 Å². The molecule has 2 rings (SSSR count). The van der Waals surface area contributed by atoms with Crippen molar-refractivity contribution in [3.63, 3.8) is 0 Å². The first-order valence-electron chi connectivity index (χ1n) is 6.67. The average molecular weight is 320 g/mol. The molecule has 0 bridgehead atoms. The molecule has 7 heteroatoms. The van der Waals surface area contributed by atoms with Gasteiger partial charge in [-0.15, -0.1) is 10.2 Å². The molecule has 116 valence electrons. The Morgan fingerprint density at radius 1 is 1.23 bits per heavy atom. The van der Waals surface area contributed by atoms with E-state index in [1.54, 1.807) is 18.4 Å². The topological polar surface area (TPSA) is 60.1 Å². The zero-order valence-corrected chi connectivity index (χ0v) is 13.7. The van der Waals surface area contributed by atoms with Crippen molar-refractivity contribution >= 4 is 18.0 Å². The highest BCUT2D eigenvalue weighted by molar-refractivity contribution is 7.98. The second-order valence-electron chi connectivity index (χ2n) is 5.70. The minimum Gasteiger partial charge on any atom is -0.265 e. The highest BCUT2D eigenvalue weighted by Gasteiger charge is 2.23. The quantitative estimate of drug-likeness (QED) is 0.644. The summed E-state index contributed by atoms with van der Waals surface area (Å²) in [6.45, 7) is 5.68. The predicted molar refractivity (Wildman–Crippen MR) is 86.2 cm³/mol. The Balaban J connectivity index is 2.49. The van der Waals surface area contributed by atoms with E-state index in [0.29, 0.717) is 16.4 Å². The van der Waals surface area contributed by atoms with Gasteiger partial charge < -0.3 is 0 Å². The molecule has 1 aromatic carbocycles. The number of rotatable bonds is 3. The van der Waals surface area contributed by atoms with Crippen molar-refractivity contribution in [1.82, 2.24) is 14.9 Å². The summed E-state index contributed by atoms with van der Waals surface area (Å²) in [5, 5.41) is 12.7. The molecule has 1 aromatic heterocycles. The number of thioether (sulfide) groups is 1. The number of hydrogen-bond donors (Lipinski definition) is 0. The summed E-state index contributed by atoms with van der Waals surface area (Å²) in [5.74, 6) is -0.320. The first-order chi connectivity index (χ1) is 10.3. The van der Waals surface area contributed by atoms with E-state index >= 15 is 0 Å². The second-order valence-corrected chi connectivity index (χ2v) is 6.47. The lowest BCUT2D eigenvalue weighted by atomic mass is 9.93. The lowest BCUT2D eigenvalue weighted by Crippen LogP contribution is -2.32. The predicted octanol–water partition coefficient (Wildman–Crippen LogP) is 2.68. The van der Waals surface area contributed by atoms with Crippen molar-refractivity contribution in [2.75, 3.05) is 6.26 Å². The van der Waals surface area contributed by atoms with Gasteiger partial charge in [0.25, 0.3) is 5.56 Å². The molecule has 0 N–H and O–H groups in total. The molecular weight excluding hydrogens is 303 g/mol. The molecule has 0 unspecified atom stereocenters. The Morgan fingerprint density at radius 3 is 2.41 bits per heavy atom. The van der Waals surface area contributed by atoms with Crippen LogP contribution in [0.4, 0.5) is 4.39 Å². The zero-order valence-electron chi connectivity index (χ0n) is 12.9. The van der Waals surface area contributed by atoms with Gasteiger partial charge in [0.15, 0.2) is 0 Å². The van der Waals surface area contributed by atoms with Gasteiger partial charge in [0.05, 0.1) is 6.21 Å². The summed E-state index contributed by atoms with van der Waals surface area (Å²) in [5.41, 5.74) is 0.315. The molecule has 0 aliphatic carbocycles. The van der Waals surface area contributed by atoms with Crippen LogP contribution >= 0.6 is 11.8 Å². The fraction of sp³-hybridized carbons (Fsp3) is 0.333. The molecule has 0 amide bonds. The lowest BCUT2D eigenvalue weighted by Gasteiger charge is -2.16. The molecule has 0 aliphatic rings. The average Bonchev–Trinajstić information content (AvgIpc) is 2.46. The van der Waals surface area contributed by atoms with Crippen molar-refractivity contribution in [3.8, 4) is 0 Å². The first-order valence-corrected chi connectivity index (χ1v) is 7.89. The Hall–Kier alpha value is -2.02. The molecule has 5 nitrogen and oxygen atoms in total. The molecule has 0 radical (unpaired) electrons. The van der Waals surface area contributed by atoms with Gasteiger partial charge in [-0.2, -0.15) is 9.78 Å². The fourth-order valence-corrected chi connectivity index (χ4v) is 2.16. The highest BCUT2D eigenvalue weighted by atomic mass is 32.2. The first kappa shape index (κ1) is 16.4. The molecule has 0 atom stereocenters. The highest BCUT2D eigenvalue weighted by Crippen LogP contribution is 2.17. The standard InChI is InChI=1S/C15H17FN4OS/c1-15(2,3)12-13(21)20(14(22-4)19-18-12)17-9-10-5-7-11(16)8-6-10/h5-9H,1-4H3/b17-9-. The summed E-state index contributed by atoms with van der Waals surface area (Å²) in [6, 6.07) is 5.85. The van der Waals surface area contributed by atoms with Crippen molar-refractivity contribution in [3.05, 3.63) is 51.7 Å². The largest absolute Gasteiger partial charge is 0.297 e. The van der Waals surface area contributed by atoms with E-state index in [4.69, 9.17) is 0 Å². The van der Waals surface area contributed by atoms with Crippen LogP contribution in [-0.2, 0) is 5.41 Å². The summed E-state index contributed by atoms with van der Waals surface area (Å²) < 4.78 is 14.1. The summed E-state index contributed by atoms with van der Waals surface area (Å²) in [7, 11) is 0. The van der Waals surface area contributed by atoms with E-state index in [0.717, 1.165) is 0 Å². The van der Waals surface area contributed by atoms with E-state index < -0.39 is 5.41 Å². The Morgan fingerprint density at radius 2 is 1.86 bits per heavy atom. The van der Waals surface area contributed by atoms with Gasteiger partial charge in [-0.1, -0.05) is 44.7 Å². The van der Waals surface area contributed by atoms with Gasteiger partial charge in [-0.3, -0.25) is 4.79 Å². The Bertz CT molecular complexity index is 748. The maximum atomic E-state index is 12.9. The van der Waals surface area contributed by atoms with Crippen molar-refractivity contribution in [2.24, 2.45) is 5.10 Å². The van der Waals surface area contributed by atoms with E-state index in [1.807, 2.05) is 20.8 Å². The van der Waals surface area contributed by atoms with Gasteiger partial charge in [0, 0.05) is 5.41 Å². The molecule has 0 fully saturated rings. The smallest absolute Gasteiger partial charge is 0.265 e. The third-order valence-electron chi connectivity index (χ3n) is 2.90. The molecule has 2 aromatic rings. The maximum absolute atomic E-state index is 12.9. The van der Waals surface area contributed by atoms with Gasteiger partial charge in [-0.25, -0.2) is 4.39 Å². The van der Waals surface area contributed by atoms with Crippen LogP contribution in [0.1, 0.15) is 32.0 Å². The lowest BCUT2D eigenvalue weighted by molar-refractivity contribution is 0.510. The molecular formula is C15H17FN4OS. The third kappa shape index (κ3) is 3.59. The van der Waals surface area contributed by atoms with Crippen LogP contribution in [0.25, 0.3) is 0 Å². The van der Waals surface area contributed by atoms with Crippen molar-refractivity contribution in [1.29, 1.82) is 0 Å². The van der Waals surface area contributed by atoms with Gasteiger partial charge in [-0.05, 0) is 24.0 Å². The number of aromatic nitrogens is 3. The monoisotopic (exact) mass is 320 g/mol. The van der Waals surface area contributed by atoms with Gasteiger partial charge in [0.2, 0.25) is 5.16 Å². The molecule has 0 saturated carbocycles. The van der Waals surface area contributed by atoms with Gasteiger partial charge >= 0.3 is 0 Å². The van der Waals surface area contributed by atoms with Crippen LogP contribution < -0.4 is 5.56 Å². The van der Waals surface area contributed by atoms with E-state index in [-0.39, 0.29) is 11.4 Å². The summed E-state index contributed by atoms with van der Waals surface area (Å²) in [4.78, 5) is 12.5. The van der Waals surface area contributed by atoms with Crippen LogP contribution in [-0.4, -0.2) is 27.3 Å². The van der Waals surface area contributed by atoms with E-state index in [9.17, 15) is 9.18 Å². The third-order valence-corrected chi connectivity index (χ3v) is 3.52. The van der Waals surface area contributed by atoms with Crippen molar-refractivity contribution < 1.29 is 4.39 Å². The number of halogens is 1. The Labute approximate surface area is 132 Å². The minimum absolute atomic E-state index is 0.301. The fourth-order valence-electron chi connectivity index (χ4n) is 1.74. The molecule has 0 aliphatic heterocycles. The molecule has 0 spiro atoms. The molecule has 0 saturated heterocycles. The van der Waals surface area contributed by atoms with Crippen LogP contribution in [0.2, 0.25) is 0 Å². The number of benzene rings is 1. The van der Waals surface area contributed by atoms with Crippen LogP contribution in [0.5, 0.6) is 0 Å². The summed E-state index contributed by atoms with van der Waals surface area (Å²) in [6.07, 6.45) is 3.29. The second kappa shape index (κ2) is 6.39. The maximum Gasteiger partial charge on any atom is 0.297 e. The number of hydrogen-bond acceptors (Lipinski definition) is 5. The SMILES string of the molecule is CSc1nnc(C(C)(C)C)c(=O)n1/N=C\c1ccc(F)cc1. The summed E-state index contributed by atoms with van der Waals surface area (Å²) >= 11 is 1.28. The molecule has 22 heavy (non-hydrogen) atoms. The van der Waals surface area contributed by atoms with Crippen molar-refractivity contribution in [2.45, 2.75) is 31.3 Å². The van der Waals surface area contributed by atoms with Crippen LogP contribution in [0, 0.1) is 5.82 Å². The van der Waals surface area contributed by atoms with E-state index in [1.165, 1.54) is 34.8 Å². The minimum atomic E-state index is -0.422.